The van der Waals surface area contributed by atoms with Crippen molar-refractivity contribution in [3.05, 3.63) is 46.0 Å². The Morgan fingerprint density at radius 2 is 1.77 bits per heavy atom. The van der Waals surface area contributed by atoms with Crippen LogP contribution in [0.3, 0.4) is 0 Å². The van der Waals surface area contributed by atoms with E-state index in [2.05, 4.69) is 12.1 Å². The molecule has 0 aromatic heterocycles. The van der Waals surface area contributed by atoms with Gasteiger partial charge in [-0.05, 0) is 31.2 Å². The second kappa shape index (κ2) is 10.9. The Morgan fingerprint density at radius 3 is 2.41 bits per heavy atom. The molecule has 1 rings (SSSR count). The molecule has 0 aliphatic carbocycles. The van der Waals surface area contributed by atoms with Gasteiger partial charge in [-0.2, -0.15) is 0 Å². The van der Waals surface area contributed by atoms with Gasteiger partial charge in [-0.25, -0.2) is 0 Å². The third kappa shape index (κ3) is 7.34. The van der Waals surface area contributed by atoms with E-state index in [0.717, 1.165) is 44.9 Å². The Morgan fingerprint density at radius 1 is 1.09 bits per heavy atom. The molecular formula is C18H27NO3. The van der Waals surface area contributed by atoms with Crippen molar-refractivity contribution in [1.82, 2.24) is 0 Å². The first-order valence-corrected chi connectivity index (χ1v) is 8.35. The van der Waals surface area contributed by atoms with Crippen LogP contribution in [0, 0.1) is 10.1 Å². The molecule has 0 amide bonds. The van der Waals surface area contributed by atoms with E-state index in [-0.39, 0.29) is 5.78 Å². The number of nitro groups is 1. The highest BCUT2D eigenvalue weighted by Gasteiger charge is 2.27. The average molecular weight is 305 g/mol. The summed E-state index contributed by atoms with van der Waals surface area (Å²) in [6.07, 6.45) is 7.30. The summed E-state index contributed by atoms with van der Waals surface area (Å²) >= 11 is 0. The third-order valence-electron chi connectivity index (χ3n) is 3.94. The summed E-state index contributed by atoms with van der Waals surface area (Å²) in [7, 11) is 0. The molecule has 4 heteroatoms. The standard InChI is InChI=1S/C18H27NO3/c1-2-3-15-18(20)17(19(21)22)14-10-5-4-7-11-16-12-8-6-9-13-16/h6,8-9,12-13,17H,2-5,7,10-11,14-15H2,1H3. The maximum atomic E-state index is 11.8. The van der Waals surface area contributed by atoms with Crippen molar-refractivity contribution < 1.29 is 9.72 Å². The first-order chi connectivity index (χ1) is 10.6. The van der Waals surface area contributed by atoms with E-state index in [1.54, 1.807) is 0 Å². The van der Waals surface area contributed by atoms with Gasteiger partial charge in [0, 0.05) is 17.8 Å². The second-order valence-corrected chi connectivity index (χ2v) is 5.81. The summed E-state index contributed by atoms with van der Waals surface area (Å²) in [5, 5.41) is 11.0. The monoisotopic (exact) mass is 305 g/mol. The number of aryl methyl sites for hydroxylation is 1. The molecular weight excluding hydrogens is 278 g/mol. The zero-order valence-corrected chi connectivity index (χ0v) is 13.5. The molecule has 1 aromatic rings. The Balaban J connectivity index is 2.17. The van der Waals surface area contributed by atoms with Gasteiger partial charge in [0.25, 0.3) is 6.04 Å². The van der Waals surface area contributed by atoms with Crippen molar-refractivity contribution >= 4 is 5.78 Å². The second-order valence-electron chi connectivity index (χ2n) is 5.81. The number of carbonyl (C=O) groups is 1. The van der Waals surface area contributed by atoms with E-state index >= 15 is 0 Å². The van der Waals surface area contributed by atoms with E-state index in [4.69, 9.17) is 0 Å². The van der Waals surface area contributed by atoms with Gasteiger partial charge in [0.2, 0.25) is 5.78 Å². The Labute approximate surface area is 133 Å². The third-order valence-corrected chi connectivity index (χ3v) is 3.94. The Bertz CT molecular complexity index is 445. The lowest BCUT2D eigenvalue weighted by Crippen LogP contribution is -2.29. The molecule has 0 saturated heterocycles. The minimum Gasteiger partial charge on any atom is -0.292 e. The van der Waals surface area contributed by atoms with E-state index in [0.29, 0.717) is 12.8 Å². The molecule has 0 N–H and O–H groups in total. The number of hydrogen-bond donors (Lipinski definition) is 0. The van der Waals surface area contributed by atoms with Crippen molar-refractivity contribution in [2.45, 2.75) is 70.8 Å². The number of nitrogens with zero attached hydrogens (tertiary/aromatic N) is 1. The molecule has 0 radical (unpaired) electrons. The minimum atomic E-state index is -0.985. The van der Waals surface area contributed by atoms with E-state index in [9.17, 15) is 14.9 Å². The SMILES string of the molecule is CCCCC(=O)C(CCCCCCc1ccccc1)[N+](=O)[O-]. The minimum absolute atomic E-state index is 0.198. The molecule has 0 aliphatic rings. The topological polar surface area (TPSA) is 60.2 Å². The first kappa shape index (κ1) is 18.3. The molecule has 4 nitrogen and oxygen atoms in total. The normalized spacial score (nSPS) is 12.0. The fraction of sp³-hybridized carbons (Fsp3) is 0.611. The summed E-state index contributed by atoms with van der Waals surface area (Å²) in [5.74, 6) is -0.198. The maximum Gasteiger partial charge on any atom is 0.270 e. The van der Waals surface area contributed by atoms with Crippen LogP contribution in [-0.2, 0) is 11.2 Å². The molecule has 1 atom stereocenters. The van der Waals surface area contributed by atoms with Gasteiger partial charge >= 0.3 is 0 Å². The van der Waals surface area contributed by atoms with Gasteiger partial charge in [-0.15, -0.1) is 0 Å². The number of carbonyl (C=O) groups excluding carboxylic acids is 1. The lowest BCUT2D eigenvalue weighted by molar-refractivity contribution is -0.508. The summed E-state index contributed by atoms with van der Waals surface area (Å²) < 4.78 is 0. The molecule has 22 heavy (non-hydrogen) atoms. The first-order valence-electron chi connectivity index (χ1n) is 8.35. The van der Waals surface area contributed by atoms with E-state index in [1.807, 2.05) is 25.1 Å². The van der Waals surface area contributed by atoms with Crippen LogP contribution in [0.4, 0.5) is 0 Å². The van der Waals surface area contributed by atoms with Crippen LogP contribution in [0.1, 0.15) is 63.9 Å². The molecule has 0 heterocycles. The molecule has 0 saturated carbocycles. The lowest BCUT2D eigenvalue weighted by Gasteiger charge is -2.08. The fourth-order valence-corrected chi connectivity index (χ4v) is 2.57. The van der Waals surface area contributed by atoms with E-state index in [1.165, 1.54) is 5.56 Å². The zero-order valence-electron chi connectivity index (χ0n) is 13.5. The van der Waals surface area contributed by atoms with Crippen molar-refractivity contribution in [3.63, 3.8) is 0 Å². The predicted molar refractivity (Wildman–Crippen MR) is 88.5 cm³/mol. The van der Waals surface area contributed by atoms with Gasteiger partial charge < -0.3 is 0 Å². The van der Waals surface area contributed by atoms with Gasteiger partial charge in [-0.1, -0.05) is 56.5 Å². The number of unbranched alkanes of at least 4 members (excludes halogenated alkanes) is 4. The molecule has 0 aliphatic heterocycles. The zero-order chi connectivity index (χ0) is 16.2. The Kier molecular flexibility index (Phi) is 9.12. The van der Waals surface area contributed by atoms with Crippen LogP contribution in [0.25, 0.3) is 0 Å². The molecule has 0 fully saturated rings. The highest BCUT2D eigenvalue weighted by molar-refractivity contribution is 5.82. The van der Waals surface area contributed by atoms with Crippen LogP contribution >= 0.6 is 0 Å². The highest BCUT2D eigenvalue weighted by atomic mass is 16.6. The summed E-state index contributed by atoms with van der Waals surface area (Å²) in [6, 6.07) is 9.35. The molecule has 0 bridgehead atoms. The number of rotatable bonds is 12. The quantitative estimate of drug-likeness (QED) is 0.322. The summed E-state index contributed by atoms with van der Waals surface area (Å²) in [6.45, 7) is 1.99. The van der Waals surface area contributed by atoms with Crippen molar-refractivity contribution in [1.29, 1.82) is 0 Å². The van der Waals surface area contributed by atoms with Crippen LogP contribution in [0.15, 0.2) is 30.3 Å². The molecule has 122 valence electrons. The van der Waals surface area contributed by atoms with Crippen molar-refractivity contribution in [3.8, 4) is 0 Å². The number of hydrogen-bond acceptors (Lipinski definition) is 3. The Hall–Kier alpha value is -1.71. The molecule has 1 aromatic carbocycles. The smallest absolute Gasteiger partial charge is 0.270 e. The van der Waals surface area contributed by atoms with Crippen LogP contribution in [-0.4, -0.2) is 16.7 Å². The van der Waals surface area contributed by atoms with Crippen LogP contribution in [0.5, 0.6) is 0 Å². The maximum absolute atomic E-state index is 11.8. The summed E-state index contributed by atoms with van der Waals surface area (Å²) in [5.41, 5.74) is 1.33. The van der Waals surface area contributed by atoms with Gasteiger partial charge in [0.1, 0.15) is 0 Å². The highest BCUT2D eigenvalue weighted by Crippen LogP contribution is 2.13. The molecule has 1 unspecified atom stereocenters. The van der Waals surface area contributed by atoms with Crippen LogP contribution in [0.2, 0.25) is 0 Å². The molecule has 0 spiro atoms. The van der Waals surface area contributed by atoms with Crippen molar-refractivity contribution in [2.24, 2.45) is 0 Å². The number of benzene rings is 1. The average Bonchev–Trinajstić information content (AvgIpc) is 2.52. The lowest BCUT2D eigenvalue weighted by atomic mass is 10.00. The summed E-state index contributed by atoms with van der Waals surface area (Å²) in [4.78, 5) is 22.4. The fourth-order valence-electron chi connectivity index (χ4n) is 2.57. The van der Waals surface area contributed by atoms with Crippen LogP contribution < -0.4 is 0 Å². The largest absolute Gasteiger partial charge is 0.292 e. The number of Topliss-reactive ketones (excluding diaryl/α,β-unsaturated/α-hetero) is 1. The number of ketones is 1. The van der Waals surface area contributed by atoms with Gasteiger partial charge in [0.15, 0.2) is 0 Å². The van der Waals surface area contributed by atoms with Gasteiger partial charge in [0.05, 0.1) is 0 Å². The van der Waals surface area contributed by atoms with Crippen molar-refractivity contribution in [2.75, 3.05) is 0 Å². The predicted octanol–water partition coefficient (Wildman–Crippen LogP) is 4.58. The van der Waals surface area contributed by atoms with E-state index < -0.39 is 11.0 Å². The van der Waals surface area contributed by atoms with Gasteiger partial charge in [-0.3, -0.25) is 14.9 Å².